The molecule has 0 spiro atoms. The highest BCUT2D eigenvalue weighted by Crippen LogP contribution is 2.42. The Morgan fingerprint density at radius 3 is 2.58 bits per heavy atom. The molecule has 38 heavy (non-hydrogen) atoms. The van der Waals surface area contributed by atoms with Crippen LogP contribution in [0.15, 0.2) is 73.6 Å². The largest absolute Gasteiger partial charge is 0.358 e. The summed E-state index contributed by atoms with van der Waals surface area (Å²) >= 11 is 0. The number of H-pyrrole nitrogens is 1. The Hall–Kier alpha value is -4.30. The first-order valence-corrected chi connectivity index (χ1v) is 13.4. The van der Waals surface area contributed by atoms with E-state index < -0.39 is 0 Å². The van der Waals surface area contributed by atoms with Crippen molar-refractivity contribution in [3.8, 4) is 22.3 Å². The molecule has 2 aliphatic rings. The summed E-state index contributed by atoms with van der Waals surface area (Å²) in [6.07, 6.45) is 16.6. The summed E-state index contributed by atoms with van der Waals surface area (Å²) < 4.78 is 0. The molecular weight excluding hydrogens is 472 g/mol. The maximum Gasteiger partial charge on any atom is 0.141 e. The number of hydrogen-bond donors (Lipinski definition) is 4. The van der Waals surface area contributed by atoms with Gasteiger partial charge in [0, 0.05) is 54.0 Å². The summed E-state index contributed by atoms with van der Waals surface area (Å²) in [6.45, 7) is 1.94. The molecule has 1 aromatic carbocycles. The third-order valence-electron chi connectivity index (χ3n) is 7.76. The first-order chi connectivity index (χ1) is 18.8. The Morgan fingerprint density at radius 2 is 1.68 bits per heavy atom. The van der Waals surface area contributed by atoms with Crippen LogP contribution in [0.25, 0.3) is 33.2 Å². The van der Waals surface area contributed by atoms with Crippen molar-refractivity contribution in [3.63, 3.8) is 0 Å². The molecule has 1 aliphatic heterocycles. The van der Waals surface area contributed by atoms with Gasteiger partial charge in [-0.1, -0.05) is 18.9 Å². The van der Waals surface area contributed by atoms with Crippen molar-refractivity contribution in [1.29, 1.82) is 0 Å². The van der Waals surface area contributed by atoms with E-state index in [9.17, 15) is 0 Å². The van der Waals surface area contributed by atoms with E-state index in [4.69, 9.17) is 0 Å². The smallest absolute Gasteiger partial charge is 0.141 e. The van der Waals surface area contributed by atoms with Crippen molar-refractivity contribution < 1.29 is 0 Å². The zero-order valence-electron chi connectivity index (χ0n) is 21.1. The molecule has 1 unspecified atom stereocenters. The molecule has 1 aliphatic carbocycles. The molecule has 5 aromatic rings. The van der Waals surface area contributed by atoms with Crippen LogP contribution in [-0.4, -0.2) is 31.7 Å². The average Bonchev–Trinajstić information content (AvgIpc) is 3.73. The van der Waals surface area contributed by atoms with Crippen molar-refractivity contribution in [2.24, 2.45) is 5.92 Å². The molecule has 7 rings (SSSR count). The zero-order valence-corrected chi connectivity index (χ0v) is 21.1. The van der Waals surface area contributed by atoms with Gasteiger partial charge in [-0.15, -0.1) is 0 Å². The van der Waals surface area contributed by atoms with Gasteiger partial charge in [-0.05, 0) is 72.3 Å². The monoisotopic (exact) mass is 502 g/mol. The van der Waals surface area contributed by atoms with Gasteiger partial charge in [-0.2, -0.15) is 5.10 Å². The molecule has 1 atom stereocenters. The lowest BCUT2D eigenvalue weighted by molar-refractivity contribution is 0.489. The molecule has 1 fully saturated rings. The highest BCUT2D eigenvalue weighted by atomic mass is 15.2. The quantitative estimate of drug-likeness (QED) is 0.220. The molecule has 0 amide bonds. The van der Waals surface area contributed by atoms with E-state index in [1.165, 1.54) is 31.2 Å². The van der Waals surface area contributed by atoms with Gasteiger partial charge in [0.2, 0.25) is 0 Å². The second-order valence-electron chi connectivity index (χ2n) is 10.3. The number of pyridine rings is 3. The second-order valence-corrected chi connectivity index (χ2v) is 10.3. The van der Waals surface area contributed by atoms with E-state index >= 15 is 0 Å². The first-order valence-electron chi connectivity index (χ1n) is 13.4. The Labute approximate surface area is 221 Å². The van der Waals surface area contributed by atoms with Gasteiger partial charge < -0.3 is 16.0 Å². The predicted molar refractivity (Wildman–Crippen MR) is 150 cm³/mol. The van der Waals surface area contributed by atoms with E-state index in [-0.39, 0.29) is 6.17 Å². The van der Waals surface area contributed by atoms with E-state index in [0.29, 0.717) is 0 Å². The fourth-order valence-electron chi connectivity index (χ4n) is 5.76. The Kier molecular flexibility index (Phi) is 5.94. The normalized spacial score (nSPS) is 16.9. The number of aromatic amines is 1. The van der Waals surface area contributed by atoms with Gasteiger partial charge in [0.15, 0.2) is 0 Å². The molecule has 8 nitrogen and oxygen atoms in total. The number of nitrogens with zero attached hydrogens (tertiary/aromatic N) is 4. The molecule has 8 heteroatoms. The minimum Gasteiger partial charge on any atom is -0.358 e. The van der Waals surface area contributed by atoms with Crippen molar-refractivity contribution in [3.05, 3.63) is 84.8 Å². The second kappa shape index (κ2) is 9.87. The van der Waals surface area contributed by atoms with Crippen molar-refractivity contribution >= 4 is 22.3 Å². The molecule has 0 saturated heterocycles. The summed E-state index contributed by atoms with van der Waals surface area (Å²) in [6, 6.07) is 12.6. The topological polar surface area (TPSA) is 103 Å². The van der Waals surface area contributed by atoms with E-state index in [0.717, 1.165) is 69.2 Å². The van der Waals surface area contributed by atoms with Crippen molar-refractivity contribution in [1.82, 2.24) is 30.5 Å². The Bertz CT molecular complexity index is 1570. The van der Waals surface area contributed by atoms with Crippen LogP contribution < -0.4 is 16.0 Å². The van der Waals surface area contributed by atoms with E-state index in [1.54, 1.807) is 12.4 Å². The molecular formula is C30H30N8. The van der Waals surface area contributed by atoms with Crippen LogP contribution in [0.2, 0.25) is 0 Å². The lowest BCUT2D eigenvalue weighted by Gasteiger charge is -2.12. The third-order valence-corrected chi connectivity index (χ3v) is 7.76. The van der Waals surface area contributed by atoms with Crippen LogP contribution in [0.3, 0.4) is 0 Å². The third kappa shape index (κ3) is 4.37. The molecule has 0 radical (unpaired) electrons. The molecule has 4 aromatic heterocycles. The minimum atomic E-state index is -0.153. The highest BCUT2D eigenvalue weighted by molar-refractivity contribution is 5.92. The molecule has 1 saturated carbocycles. The Morgan fingerprint density at radius 1 is 0.816 bits per heavy atom. The summed E-state index contributed by atoms with van der Waals surface area (Å²) in [7, 11) is 0. The van der Waals surface area contributed by atoms with Crippen LogP contribution >= 0.6 is 0 Å². The number of hydrogen-bond acceptors (Lipinski definition) is 7. The fraction of sp³-hybridized carbons (Fsp3) is 0.267. The zero-order chi connectivity index (χ0) is 25.3. The molecule has 5 heterocycles. The van der Waals surface area contributed by atoms with Gasteiger partial charge in [0.25, 0.3) is 0 Å². The average molecular weight is 503 g/mol. The van der Waals surface area contributed by atoms with E-state index in [2.05, 4.69) is 65.4 Å². The van der Waals surface area contributed by atoms with Crippen LogP contribution in [0.4, 0.5) is 11.4 Å². The molecule has 0 bridgehead atoms. The standard InChI is InChI=1S/C30H30N8/c1-2-4-19(3-1)13-32-14-20-11-23(16-33-15-20)22-5-6-26-24(12-22)29(38-37-26)30-35-27-18-34-17-25(28(27)36-30)21-7-9-31-10-8-21/h5-12,15-19,30,32,35-36H,1-4,13-14H2,(H,37,38). The fourth-order valence-corrected chi connectivity index (χ4v) is 5.76. The maximum atomic E-state index is 4.58. The van der Waals surface area contributed by atoms with Crippen LogP contribution in [-0.2, 0) is 6.54 Å². The molecule has 190 valence electrons. The van der Waals surface area contributed by atoms with Crippen LogP contribution in [0.1, 0.15) is 43.1 Å². The number of benzene rings is 1. The number of anilines is 2. The summed E-state index contributed by atoms with van der Waals surface area (Å²) in [4.78, 5) is 13.1. The number of aromatic nitrogens is 5. The Balaban J connectivity index is 1.14. The molecule has 4 N–H and O–H groups in total. The van der Waals surface area contributed by atoms with E-state index in [1.807, 2.05) is 36.9 Å². The van der Waals surface area contributed by atoms with Crippen molar-refractivity contribution in [2.75, 3.05) is 17.2 Å². The minimum absolute atomic E-state index is 0.153. The lowest BCUT2D eigenvalue weighted by Crippen LogP contribution is -2.20. The lowest BCUT2D eigenvalue weighted by atomic mass is 10.0. The van der Waals surface area contributed by atoms with Crippen LogP contribution in [0.5, 0.6) is 0 Å². The summed E-state index contributed by atoms with van der Waals surface area (Å²) in [5.74, 6) is 0.827. The summed E-state index contributed by atoms with van der Waals surface area (Å²) in [5, 5.41) is 19.8. The van der Waals surface area contributed by atoms with Gasteiger partial charge in [-0.3, -0.25) is 20.1 Å². The van der Waals surface area contributed by atoms with Gasteiger partial charge in [0.1, 0.15) is 6.17 Å². The maximum absolute atomic E-state index is 4.58. The summed E-state index contributed by atoms with van der Waals surface area (Å²) in [5.41, 5.74) is 9.45. The number of nitrogens with one attached hydrogen (secondary N) is 4. The predicted octanol–water partition coefficient (Wildman–Crippen LogP) is 5.90. The van der Waals surface area contributed by atoms with Gasteiger partial charge in [-0.25, -0.2) is 0 Å². The number of rotatable bonds is 7. The van der Waals surface area contributed by atoms with Crippen LogP contribution in [0, 0.1) is 5.92 Å². The first kappa shape index (κ1) is 22.9. The van der Waals surface area contributed by atoms with Crippen molar-refractivity contribution in [2.45, 2.75) is 38.4 Å². The number of fused-ring (bicyclic) bond motifs is 2. The SMILES string of the molecule is c1cc(-c2cncc3c2NC(c2[nH]nc4ccc(-c5cncc(CNCC6CCCC6)c5)cc24)N3)ccn1. The van der Waals surface area contributed by atoms with Gasteiger partial charge in [0.05, 0.1) is 28.8 Å². The van der Waals surface area contributed by atoms with Gasteiger partial charge >= 0.3 is 0 Å². The highest BCUT2D eigenvalue weighted by Gasteiger charge is 2.27.